The zero-order valence-corrected chi connectivity index (χ0v) is 94.0. The zero-order chi connectivity index (χ0) is 106. The van der Waals surface area contributed by atoms with Crippen LogP contribution in [0.1, 0.15) is 95.7 Å². The number of halogens is 16. The van der Waals surface area contributed by atoms with E-state index in [-0.39, 0.29) is 67.0 Å². The van der Waals surface area contributed by atoms with Gasteiger partial charge in [0, 0.05) is 213 Å². The topological polar surface area (TPSA) is 168 Å². The summed E-state index contributed by atoms with van der Waals surface area (Å²) in [5.74, 6) is 0.457. The molecule has 0 bridgehead atoms. The van der Waals surface area contributed by atoms with E-state index in [4.69, 9.17) is 219 Å². The Morgan fingerprint density at radius 1 is 0.388 bits per heavy atom. The zero-order valence-electron chi connectivity index (χ0n) is 81.9. The van der Waals surface area contributed by atoms with Crippen LogP contribution in [-0.2, 0) is 61.1 Å². The van der Waals surface area contributed by atoms with Gasteiger partial charge in [0.1, 0.15) is 6.10 Å². The number of carbonyl (C=O) groups excluding carboxylic acids is 1. The first-order chi connectivity index (χ1) is 71.1. The first kappa shape index (κ1) is 122. The van der Waals surface area contributed by atoms with Crippen molar-refractivity contribution in [3.8, 4) is 0 Å². The molecule has 13 aromatic carbocycles. The molecule has 10 atom stereocenters. The van der Waals surface area contributed by atoms with E-state index in [2.05, 4.69) is 115 Å². The third-order valence-corrected chi connectivity index (χ3v) is 28.9. The van der Waals surface area contributed by atoms with Crippen LogP contribution < -0.4 is 15.1 Å². The molecular weight excluding hydrogens is 2190 g/mol. The maximum atomic E-state index is 10.7. The van der Waals surface area contributed by atoms with E-state index in [0.717, 1.165) is 108 Å². The fourth-order valence-corrected chi connectivity index (χ4v) is 20.8. The summed E-state index contributed by atoms with van der Waals surface area (Å²) in [5.41, 5.74) is 13.4. The van der Waals surface area contributed by atoms with Gasteiger partial charge < -0.3 is 58.9 Å². The quantitative estimate of drug-likeness (QED) is 0.0164. The first-order valence-electron chi connectivity index (χ1n) is 47.3. The minimum Gasteiger partial charge on any atom is -0.395 e. The van der Waals surface area contributed by atoms with Crippen LogP contribution in [0.5, 0.6) is 0 Å². The van der Waals surface area contributed by atoms with Crippen LogP contribution in [0.25, 0.3) is 0 Å². The molecule has 4 N–H and O–H groups in total. The predicted octanol–water partition coefficient (Wildman–Crippen LogP) is 29.7. The van der Waals surface area contributed by atoms with E-state index in [9.17, 15) is 15.0 Å². The Morgan fingerprint density at radius 3 is 1.10 bits per heavy atom. The molecule has 6 unspecified atom stereocenters. The summed E-state index contributed by atoms with van der Waals surface area (Å²) >= 11 is 98.1. The molecule has 3 heterocycles. The third-order valence-electron chi connectivity index (χ3n) is 24.3. The smallest absolute Gasteiger partial charge is 0.151 e. The second-order valence-electron chi connectivity index (χ2n) is 34.8. The molecule has 16 rings (SSSR count). The third kappa shape index (κ3) is 40.6. The Hall–Kier alpha value is -6.79. The van der Waals surface area contributed by atoms with E-state index < -0.39 is 6.10 Å². The molecule has 147 heavy (non-hydrogen) atoms. The Kier molecular flexibility index (Phi) is 54.5. The monoisotopic (exact) mass is 2310 g/mol. The maximum absolute atomic E-state index is 10.7. The number of anilines is 2. The van der Waals surface area contributed by atoms with Gasteiger partial charge in [0.25, 0.3) is 0 Å². The predicted molar refractivity (Wildman–Crippen MR) is 613 cm³/mol. The van der Waals surface area contributed by atoms with Gasteiger partial charge in [-0.05, 0) is 172 Å². The molecule has 3 saturated heterocycles. The molecule has 13 aromatic rings. The van der Waals surface area contributed by atoms with Crippen LogP contribution >= 0.6 is 186 Å². The van der Waals surface area contributed by atoms with Gasteiger partial charge in [0.2, 0.25) is 0 Å². The highest BCUT2D eigenvalue weighted by molar-refractivity contribution is 6.39. The van der Waals surface area contributed by atoms with Gasteiger partial charge >= 0.3 is 0 Å². The van der Waals surface area contributed by atoms with Gasteiger partial charge in [-0.3, -0.25) is 24.4 Å². The second kappa shape index (κ2) is 65.7. The summed E-state index contributed by atoms with van der Waals surface area (Å²) in [6.45, 7) is 11.5. The summed E-state index contributed by atoms with van der Waals surface area (Å²) < 4.78 is 31.8. The second-order valence-corrected chi connectivity index (χ2v) is 41.6. The number of methoxy groups -OCH3 is 5. The number of nitrogens with zero attached hydrogens (tertiary/aromatic N) is 6. The lowest BCUT2D eigenvalue weighted by Gasteiger charge is -2.48. The summed E-state index contributed by atoms with van der Waals surface area (Å²) in [6.07, 6.45) is 0.0951. The van der Waals surface area contributed by atoms with Crippen molar-refractivity contribution >= 4 is 203 Å². The highest BCUT2D eigenvalue weighted by Crippen LogP contribution is 2.43. The van der Waals surface area contributed by atoms with Crippen LogP contribution in [0.3, 0.4) is 0 Å². The number of hydrogen-bond donors (Lipinski definition) is 4. The van der Waals surface area contributed by atoms with Gasteiger partial charge in [-0.1, -0.05) is 344 Å². The van der Waals surface area contributed by atoms with Crippen LogP contribution in [0.15, 0.2) is 309 Å². The first-order valence-corrected chi connectivity index (χ1v) is 53.6. The SMILES string of the molecule is COCC(CCl)N(Cc1ccccc1)CC(Cl)c1ccc(Cl)cc1Cl.COCC(CO)N(Cc1ccccc1)CC(O)c1ccc(Cl)cc1Cl.COCC(CO)NCc1ccccc1.COC[C@H]1CN(c2ccc(Cl)cc2)[C@@H](c2ccc(Cl)cc2Cl)CN1Cc1ccccc1.COC[C@H]1CN(c2ccc(Cl)cc2)[C@H](c2ccc(Cl)cc2Cl)CN1Cc1ccccc1.Clc1ccc(C2CO2)c(Cl)c1.O=Cc1ccc(Cl)cc1Cl. The maximum Gasteiger partial charge on any atom is 0.151 e. The fraction of sp³-hybridized carbons (Fsp3) is 0.307. The van der Waals surface area contributed by atoms with Crippen molar-refractivity contribution in [3.63, 3.8) is 0 Å². The highest BCUT2D eigenvalue weighted by Gasteiger charge is 2.39. The van der Waals surface area contributed by atoms with Crippen molar-refractivity contribution in [3.05, 3.63) is 441 Å². The van der Waals surface area contributed by atoms with Crippen LogP contribution in [-0.4, -0.2) is 205 Å². The molecule has 0 amide bonds. The number of aliphatic hydroxyl groups is 3. The van der Waals surface area contributed by atoms with Gasteiger partial charge in [-0.25, -0.2) is 0 Å². The number of hydrogen-bond acceptors (Lipinski definition) is 17. The normalized spacial score (nSPS) is 16.4. The number of rotatable bonds is 38. The molecular formula is C114H121Cl16N7O10. The molecule has 0 aliphatic carbocycles. The van der Waals surface area contributed by atoms with E-state index in [1.54, 1.807) is 84.1 Å². The van der Waals surface area contributed by atoms with Gasteiger partial charge in [-0.2, -0.15) is 0 Å². The minimum atomic E-state index is -0.806. The molecule has 17 nitrogen and oxygen atoms in total. The number of aldehydes is 1. The van der Waals surface area contributed by atoms with Gasteiger partial charge in [0.15, 0.2) is 6.29 Å². The van der Waals surface area contributed by atoms with Crippen molar-refractivity contribution < 1.29 is 48.5 Å². The van der Waals surface area contributed by atoms with Crippen molar-refractivity contribution in [2.75, 3.05) is 143 Å². The number of epoxide rings is 1. The summed E-state index contributed by atoms with van der Waals surface area (Å²) in [5, 5.41) is 40.8. The molecule has 0 spiro atoms. The lowest BCUT2D eigenvalue weighted by molar-refractivity contribution is 0.0183. The van der Waals surface area contributed by atoms with E-state index in [1.165, 1.54) is 28.3 Å². The van der Waals surface area contributed by atoms with Crippen molar-refractivity contribution in [1.29, 1.82) is 0 Å². The molecule has 784 valence electrons. The number of carbonyl (C=O) groups is 1. The minimum absolute atomic E-state index is 0.0141. The average molecular weight is 2320 g/mol. The summed E-state index contributed by atoms with van der Waals surface area (Å²) in [6, 6.07) is 99.9. The van der Waals surface area contributed by atoms with Gasteiger partial charge in [-0.15, -0.1) is 23.2 Å². The Labute approximate surface area is 944 Å². The molecule has 33 heteroatoms. The van der Waals surface area contributed by atoms with Crippen molar-refractivity contribution in [1.82, 2.24) is 24.9 Å². The standard InChI is InChI=1S/2C25H25Cl3N2O.C19H21Cl4NO.C19H23Cl2NO3.C11H17NO2.C8H6Cl2O.C7H4Cl2O/c2*1-31-17-22-15-30(21-10-7-19(26)8-11-21)25(23-12-9-20(27)13-24(23)28)16-29(22)14-18-5-3-2-4-6-18;1-25-13-16(10-20)24(11-14-5-3-2-4-6-14)12-19(23)17-8-7-15(21)9-18(17)22;1-25-13-16(12-23)22(10-14-5-3-2-4-6-14)11-19(24)17-8-7-15(20)9-18(17)21;1-14-9-11(8-13)12-7-10-5-3-2-4-6-10;9-5-1-2-6(7(10)3-5)8-4-11-8;8-6-2-1-5(4-10)7(9)3-6/h2*2-13,22,25H,14-17H2,1H3;2-9,16,19H,10-13H2,1H3;2-9,16,19,23-24H,10-13H2,1H3;2-6,11-13H,7-9H2,1H3;1-3,8H,4H2;1-4H/t22-,25+;22-,25-;;;;;/m11...../s1. The molecule has 3 aliphatic heterocycles. The lowest BCUT2D eigenvalue weighted by Crippen LogP contribution is -2.56. The molecule has 0 radical (unpaired) electrons. The van der Waals surface area contributed by atoms with Crippen LogP contribution in [0.4, 0.5) is 11.4 Å². The lowest BCUT2D eigenvalue weighted by atomic mass is 9.97. The van der Waals surface area contributed by atoms with E-state index in [0.29, 0.717) is 136 Å². The number of ether oxygens (including phenoxy) is 6. The summed E-state index contributed by atoms with van der Waals surface area (Å²) in [4.78, 5) is 24.2. The molecule has 0 saturated carbocycles. The summed E-state index contributed by atoms with van der Waals surface area (Å²) in [7, 11) is 8.42. The van der Waals surface area contributed by atoms with Crippen LogP contribution in [0, 0.1) is 0 Å². The van der Waals surface area contributed by atoms with Crippen molar-refractivity contribution in [2.45, 2.75) is 92.6 Å². The number of alkyl halides is 2. The number of piperazine rings is 2. The number of nitrogens with one attached hydrogen (secondary N) is 1. The molecule has 3 aliphatic rings. The fourth-order valence-electron chi connectivity index (χ4n) is 16.7. The largest absolute Gasteiger partial charge is 0.395 e. The van der Waals surface area contributed by atoms with Crippen LogP contribution in [0.2, 0.25) is 70.3 Å². The average Bonchev–Trinajstić information content (AvgIpc) is 1.62. The Morgan fingerprint density at radius 2 is 0.741 bits per heavy atom. The van der Waals surface area contributed by atoms with Gasteiger partial charge in [0.05, 0.1) is 106 Å². The van der Waals surface area contributed by atoms with Crippen molar-refractivity contribution in [2.24, 2.45) is 0 Å². The molecule has 3 fully saturated rings. The van der Waals surface area contributed by atoms with E-state index >= 15 is 0 Å². The Bertz CT molecular complexity index is 5750. The van der Waals surface area contributed by atoms with E-state index in [1.807, 2.05) is 175 Å². The molecule has 0 aromatic heterocycles. The number of benzene rings is 13. The highest BCUT2D eigenvalue weighted by atomic mass is 35.5. The Balaban J connectivity index is 0.000000181. The number of aliphatic hydroxyl groups excluding tert-OH is 3.